The van der Waals surface area contributed by atoms with Crippen molar-refractivity contribution in [3.8, 4) is 11.8 Å². The number of rotatable bonds is 2. The number of aryl methyl sites for hydroxylation is 1. The fraction of sp³-hybridized carbons (Fsp3) is 0.222. The molecule has 1 aromatic rings. The molecule has 1 N–H and O–H groups in total. The van der Waals surface area contributed by atoms with Crippen LogP contribution in [0.4, 0.5) is 4.39 Å². The predicted molar refractivity (Wildman–Crippen MR) is 42.0 cm³/mol. The molecule has 1 rings (SSSR count). The lowest BCUT2D eigenvalue weighted by molar-refractivity contribution is 0.468. The van der Waals surface area contributed by atoms with Gasteiger partial charge in [0, 0.05) is 12.5 Å². The van der Waals surface area contributed by atoms with E-state index in [9.17, 15) is 4.39 Å². The fourth-order valence-corrected chi connectivity index (χ4v) is 0.930. The quantitative estimate of drug-likeness (QED) is 0.728. The molecule has 0 amide bonds. The number of nitrogens with zero attached hydrogens (tertiary/aromatic N) is 1. The molecule has 3 heteroatoms. The van der Waals surface area contributed by atoms with E-state index in [0.29, 0.717) is 18.4 Å². The minimum absolute atomic E-state index is 0.0896. The molecule has 0 unspecified atom stereocenters. The lowest BCUT2D eigenvalue weighted by Gasteiger charge is -1.99. The monoisotopic (exact) mass is 165 g/mol. The number of hydrogen-bond acceptors (Lipinski definition) is 2. The molecule has 0 atom stereocenters. The largest absolute Gasteiger partial charge is 0.508 e. The Kier molecular flexibility index (Phi) is 2.65. The Labute approximate surface area is 69.9 Å². The van der Waals surface area contributed by atoms with Gasteiger partial charge in [0.15, 0.2) is 0 Å². The number of hydrogen-bond donors (Lipinski definition) is 1. The van der Waals surface area contributed by atoms with E-state index in [1.54, 1.807) is 0 Å². The SMILES string of the molecule is N#CCCc1ccc(O)cc1F. The molecule has 62 valence electrons. The Balaban J connectivity index is 2.81. The topological polar surface area (TPSA) is 44.0 Å². The summed E-state index contributed by atoms with van der Waals surface area (Å²) >= 11 is 0. The van der Waals surface area contributed by atoms with Crippen molar-refractivity contribution in [2.75, 3.05) is 0 Å². The summed E-state index contributed by atoms with van der Waals surface area (Å²) in [5.74, 6) is -0.543. The smallest absolute Gasteiger partial charge is 0.130 e. The second-order valence-electron chi connectivity index (χ2n) is 2.43. The van der Waals surface area contributed by atoms with E-state index in [1.807, 2.05) is 6.07 Å². The third kappa shape index (κ3) is 1.96. The molecule has 0 aromatic heterocycles. The second kappa shape index (κ2) is 3.72. The molecule has 0 aliphatic heterocycles. The highest BCUT2D eigenvalue weighted by Gasteiger charge is 2.01. The molecule has 0 saturated carbocycles. The van der Waals surface area contributed by atoms with Crippen molar-refractivity contribution in [3.05, 3.63) is 29.6 Å². The van der Waals surface area contributed by atoms with Gasteiger partial charge < -0.3 is 5.11 Å². The zero-order valence-corrected chi connectivity index (χ0v) is 6.42. The lowest BCUT2D eigenvalue weighted by atomic mass is 10.1. The molecule has 0 aliphatic rings. The van der Waals surface area contributed by atoms with Crippen molar-refractivity contribution >= 4 is 0 Å². The first kappa shape index (κ1) is 8.54. The Morgan fingerprint density at radius 1 is 1.50 bits per heavy atom. The summed E-state index contributed by atoms with van der Waals surface area (Å²) < 4.78 is 12.9. The van der Waals surface area contributed by atoms with Gasteiger partial charge in [0.05, 0.1) is 6.07 Å². The maximum absolute atomic E-state index is 12.9. The predicted octanol–water partition coefficient (Wildman–Crippen LogP) is 1.99. The van der Waals surface area contributed by atoms with Crippen LogP contribution in [0.1, 0.15) is 12.0 Å². The number of phenols is 1. The van der Waals surface area contributed by atoms with Crippen LogP contribution in [-0.4, -0.2) is 5.11 Å². The van der Waals surface area contributed by atoms with E-state index >= 15 is 0 Å². The Morgan fingerprint density at radius 3 is 2.83 bits per heavy atom. The average molecular weight is 165 g/mol. The maximum Gasteiger partial charge on any atom is 0.130 e. The number of halogens is 1. The summed E-state index contributed by atoms with van der Waals surface area (Å²) in [5.41, 5.74) is 0.467. The molecule has 1 aromatic carbocycles. The van der Waals surface area contributed by atoms with Crippen molar-refractivity contribution in [1.82, 2.24) is 0 Å². The summed E-state index contributed by atoms with van der Waals surface area (Å²) in [6.07, 6.45) is 0.685. The molecule has 2 nitrogen and oxygen atoms in total. The van der Waals surface area contributed by atoms with Crippen LogP contribution in [0.2, 0.25) is 0 Å². The van der Waals surface area contributed by atoms with Crippen molar-refractivity contribution in [1.29, 1.82) is 5.26 Å². The van der Waals surface area contributed by atoms with E-state index in [4.69, 9.17) is 10.4 Å². The van der Waals surface area contributed by atoms with Gasteiger partial charge >= 0.3 is 0 Å². The van der Waals surface area contributed by atoms with Gasteiger partial charge in [-0.3, -0.25) is 0 Å². The molecule has 0 saturated heterocycles. The minimum Gasteiger partial charge on any atom is -0.508 e. The van der Waals surface area contributed by atoms with Crippen LogP contribution in [0.25, 0.3) is 0 Å². The van der Waals surface area contributed by atoms with Crippen LogP contribution in [0, 0.1) is 17.1 Å². The van der Waals surface area contributed by atoms with Crippen LogP contribution < -0.4 is 0 Å². The van der Waals surface area contributed by atoms with Gasteiger partial charge in [0.2, 0.25) is 0 Å². The molecular weight excluding hydrogens is 157 g/mol. The van der Waals surface area contributed by atoms with Crippen molar-refractivity contribution in [3.63, 3.8) is 0 Å². The Hall–Kier alpha value is -1.56. The highest BCUT2D eigenvalue weighted by molar-refractivity contribution is 5.27. The second-order valence-corrected chi connectivity index (χ2v) is 2.43. The summed E-state index contributed by atoms with van der Waals surface area (Å²) in [5, 5.41) is 17.1. The third-order valence-corrected chi connectivity index (χ3v) is 1.54. The molecule has 0 radical (unpaired) electrons. The first-order valence-electron chi connectivity index (χ1n) is 3.58. The summed E-state index contributed by atoms with van der Waals surface area (Å²) in [6.45, 7) is 0. The Bertz CT molecular complexity index is 317. The van der Waals surface area contributed by atoms with Crippen LogP contribution in [0.15, 0.2) is 18.2 Å². The molecular formula is C9H8FNO. The van der Waals surface area contributed by atoms with Crippen LogP contribution >= 0.6 is 0 Å². The minimum atomic E-state index is -0.453. The molecule has 0 bridgehead atoms. The maximum atomic E-state index is 12.9. The van der Waals surface area contributed by atoms with Gasteiger partial charge in [-0.25, -0.2) is 4.39 Å². The number of phenolic OH excluding ortho intramolecular Hbond substituents is 1. The molecule has 12 heavy (non-hydrogen) atoms. The zero-order chi connectivity index (χ0) is 8.97. The third-order valence-electron chi connectivity index (χ3n) is 1.54. The van der Waals surface area contributed by atoms with Crippen molar-refractivity contribution in [2.24, 2.45) is 0 Å². The standard InChI is InChI=1S/C9H8FNO/c10-9-6-8(12)4-3-7(9)2-1-5-11/h3-4,6,12H,1-2H2. The normalized spacial score (nSPS) is 9.33. The molecule has 0 aliphatic carbocycles. The lowest BCUT2D eigenvalue weighted by Crippen LogP contribution is -1.88. The first-order valence-corrected chi connectivity index (χ1v) is 3.58. The van der Waals surface area contributed by atoms with E-state index in [1.165, 1.54) is 12.1 Å². The molecule has 0 fully saturated rings. The number of benzene rings is 1. The van der Waals surface area contributed by atoms with Gasteiger partial charge in [-0.15, -0.1) is 0 Å². The zero-order valence-electron chi connectivity index (χ0n) is 6.42. The highest BCUT2D eigenvalue weighted by Crippen LogP contribution is 2.15. The average Bonchev–Trinajstić information content (AvgIpc) is 2.03. The van der Waals surface area contributed by atoms with Gasteiger partial charge in [0.25, 0.3) is 0 Å². The fourth-order valence-electron chi connectivity index (χ4n) is 0.930. The van der Waals surface area contributed by atoms with Gasteiger partial charge in [-0.05, 0) is 18.1 Å². The summed E-state index contributed by atoms with van der Waals surface area (Å²) in [7, 11) is 0. The first-order chi connectivity index (χ1) is 5.74. The van der Waals surface area contributed by atoms with Gasteiger partial charge in [0.1, 0.15) is 11.6 Å². The molecule has 0 heterocycles. The van der Waals surface area contributed by atoms with Crippen LogP contribution in [0.5, 0.6) is 5.75 Å². The van der Waals surface area contributed by atoms with Crippen molar-refractivity contribution in [2.45, 2.75) is 12.8 Å². The Morgan fingerprint density at radius 2 is 2.25 bits per heavy atom. The number of nitriles is 1. The van der Waals surface area contributed by atoms with E-state index in [2.05, 4.69) is 0 Å². The van der Waals surface area contributed by atoms with Gasteiger partial charge in [-0.2, -0.15) is 5.26 Å². The summed E-state index contributed by atoms with van der Waals surface area (Å²) in [4.78, 5) is 0. The van der Waals surface area contributed by atoms with E-state index in [-0.39, 0.29) is 5.75 Å². The van der Waals surface area contributed by atoms with Crippen molar-refractivity contribution < 1.29 is 9.50 Å². The molecule has 0 spiro atoms. The highest BCUT2D eigenvalue weighted by atomic mass is 19.1. The van der Waals surface area contributed by atoms with Crippen LogP contribution in [0.3, 0.4) is 0 Å². The summed E-state index contributed by atoms with van der Waals surface area (Å²) in [6, 6.07) is 5.88. The van der Waals surface area contributed by atoms with Gasteiger partial charge in [-0.1, -0.05) is 6.07 Å². The number of aromatic hydroxyl groups is 1. The van der Waals surface area contributed by atoms with Crippen LogP contribution in [-0.2, 0) is 6.42 Å². The van der Waals surface area contributed by atoms with E-state index in [0.717, 1.165) is 6.07 Å². The van der Waals surface area contributed by atoms with E-state index < -0.39 is 5.82 Å².